The molecular formula is C7H11N5. The van der Waals surface area contributed by atoms with Crippen LogP contribution in [0.5, 0.6) is 0 Å². The van der Waals surface area contributed by atoms with E-state index in [1.54, 1.807) is 7.05 Å². The summed E-state index contributed by atoms with van der Waals surface area (Å²) in [6.07, 6.45) is 0. The van der Waals surface area contributed by atoms with Crippen LogP contribution in [0.25, 0.3) is 0 Å². The third-order valence-corrected chi connectivity index (χ3v) is 1.51. The molecule has 0 radical (unpaired) electrons. The van der Waals surface area contributed by atoms with E-state index in [-0.39, 0.29) is 5.84 Å². The van der Waals surface area contributed by atoms with Crippen molar-refractivity contribution in [1.82, 2.24) is 5.43 Å². The average molecular weight is 165 g/mol. The number of hydrogen-bond acceptors (Lipinski definition) is 3. The van der Waals surface area contributed by atoms with Gasteiger partial charge in [0.1, 0.15) is 0 Å². The van der Waals surface area contributed by atoms with Crippen LogP contribution in [0.4, 0.5) is 0 Å². The number of aliphatic imine (C=N–C) groups is 2. The lowest BCUT2D eigenvalue weighted by molar-refractivity contribution is 0.900. The van der Waals surface area contributed by atoms with Gasteiger partial charge in [-0.3, -0.25) is 5.41 Å². The zero-order valence-electron chi connectivity index (χ0n) is 7.34. The first-order valence-corrected chi connectivity index (χ1v) is 3.59. The van der Waals surface area contributed by atoms with Gasteiger partial charge < -0.3 is 5.43 Å². The molecule has 0 aromatic heterocycles. The van der Waals surface area contributed by atoms with Crippen molar-refractivity contribution in [3.05, 3.63) is 0 Å². The van der Waals surface area contributed by atoms with E-state index in [1.165, 1.54) is 0 Å². The van der Waals surface area contributed by atoms with Crippen molar-refractivity contribution in [3.63, 3.8) is 0 Å². The normalized spacial score (nSPS) is 20.6. The molecule has 1 aliphatic heterocycles. The Morgan fingerprint density at radius 3 is 2.42 bits per heavy atom. The van der Waals surface area contributed by atoms with Crippen LogP contribution in [0, 0.1) is 5.41 Å². The standard InChI is InChI=1S/C7H11N5/c1-4-5(2)11-7(12-9-3)6(8)10-4/h8-9H,1-3H3/b8-6?,12-7+. The van der Waals surface area contributed by atoms with Gasteiger partial charge >= 0.3 is 0 Å². The fraction of sp³-hybridized carbons (Fsp3) is 0.429. The number of nitrogens with one attached hydrogen (secondary N) is 2. The number of hydrogen-bond donors (Lipinski definition) is 2. The Bertz CT molecular complexity index is 297. The van der Waals surface area contributed by atoms with Gasteiger partial charge in [-0.25, -0.2) is 9.98 Å². The van der Waals surface area contributed by atoms with Crippen LogP contribution in [-0.4, -0.2) is 30.1 Å². The second-order valence-electron chi connectivity index (χ2n) is 2.40. The molecule has 0 saturated heterocycles. The van der Waals surface area contributed by atoms with Crippen LogP contribution in [0.15, 0.2) is 15.1 Å². The molecular weight excluding hydrogens is 154 g/mol. The first-order valence-electron chi connectivity index (χ1n) is 3.59. The molecule has 0 amide bonds. The van der Waals surface area contributed by atoms with Gasteiger partial charge in [0, 0.05) is 7.05 Å². The van der Waals surface area contributed by atoms with Crippen molar-refractivity contribution in [1.29, 1.82) is 5.41 Å². The van der Waals surface area contributed by atoms with Gasteiger partial charge in [0.2, 0.25) is 5.84 Å². The molecule has 12 heavy (non-hydrogen) atoms. The molecule has 0 fully saturated rings. The second kappa shape index (κ2) is 3.25. The molecule has 1 rings (SSSR count). The van der Waals surface area contributed by atoms with Crippen LogP contribution < -0.4 is 5.43 Å². The Kier molecular flexibility index (Phi) is 2.32. The van der Waals surface area contributed by atoms with Crippen molar-refractivity contribution >= 4 is 23.1 Å². The summed E-state index contributed by atoms with van der Waals surface area (Å²) < 4.78 is 0. The van der Waals surface area contributed by atoms with Gasteiger partial charge in [-0.1, -0.05) is 0 Å². The summed E-state index contributed by atoms with van der Waals surface area (Å²) in [6.45, 7) is 3.67. The fourth-order valence-electron chi connectivity index (χ4n) is 0.775. The zero-order chi connectivity index (χ0) is 9.14. The molecule has 0 bridgehead atoms. The van der Waals surface area contributed by atoms with Crippen molar-refractivity contribution in [3.8, 4) is 0 Å². The first kappa shape index (κ1) is 8.58. The van der Waals surface area contributed by atoms with E-state index in [4.69, 9.17) is 5.41 Å². The predicted octanol–water partition coefficient (Wildman–Crippen LogP) is 0.432. The molecule has 1 aliphatic rings. The maximum Gasteiger partial charge on any atom is 0.216 e. The molecule has 0 aromatic carbocycles. The van der Waals surface area contributed by atoms with E-state index in [9.17, 15) is 0 Å². The highest BCUT2D eigenvalue weighted by Crippen LogP contribution is 1.98. The summed E-state index contributed by atoms with van der Waals surface area (Å²) >= 11 is 0. The molecule has 64 valence electrons. The quantitative estimate of drug-likeness (QED) is 0.543. The topological polar surface area (TPSA) is 73.0 Å². The Balaban J connectivity index is 3.00. The maximum absolute atomic E-state index is 7.40. The second-order valence-corrected chi connectivity index (χ2v) is 2.40. The van der Waals surface area contributed by atoms with Gasteiger partial charge in [-0.2, -0.15) is 5.10 Å². The highest BCUT2D eigenvalue weighted by atomic mass is 15.3. The fourth-order valence-corrected chi connectivity index (χ4v) is 0.775. The largest absolute Gasteiger partial charge is 0.311 e. The molecule has 5 heteroatoms. The first-order chi connectivity index (χ1) is 5.65. The molecule has 0 unspecified atom stereocenters. The third kappa shape index (κ3) is 1.55. The van der Waals surface area contributed by atoms with Gasteiger partial charge in [0.05, 0.1) is 11.4 Å². The highest BCUT2D eigenvalue weighted by Gasteiger charge is 2.12. The van der Waals surface area contributed by atoms with E-state index in [1.807, 2.05) is 13.8 Å². The van der Waals surface area contributed by atoms with E-state index in [0.29, 0.717) is 5.84 Å². The Hall–Kier alpha value is -1.52. The maximum atomic E-state index is 7.40. The van der Waals surface area contributed by atoms with Crippen molar-refractivity contribution in [2.75, 3.05) is 7.05 Å². The summed E-state index contributed by atoms with van der Waals surface area (Å²) in [7, 11) is 1.66. The minimum Gasteiger partial charge on any atom is -0.311 e. The average Bonchev–Trinajstić information content (AvgIpc) is 2.01. The van der Waals surface area contributed by atoms with Crippen LogP contribution in [-0.2, 0) is 0 Å². The van der Waals surface area contributed by atoms with E-state index in [2.05, 4.69) is 20.5 Å². The van der Waals surface area contributed by atoms with Crippen LogP contribution >= 0.6 is 0 Å². The lowest BCUT2D eigenvalue weighted by Gasteiger charge is -2.08. The van der Waals surface area contributed by atoms with Crippen molar-refractivity contribution < 1.29 is 0 Å². The monoisotopic (exact) mass is 165 g/mol. The van der Waals surface area contributed by atoms with Gasteiger partial charge in [0.15, 0.2) is 5.84 Å². The van der Waals surface area contributed by atoms with Crippen molar-refractivity contribution in [2.24, 2.45) is 15.1 Å². The molecule has 2 N–H and O–H groups in total. The van der Waals surface area contributed by atoms with Crippen molar-refractivity contribution in [2.45, 2.75) is 13.8 Å². The van der Waals surface area contributed by atoms with Gasteiger partial charge in [-0.05, 0) is 13.8 Å². The minimum atomic E-state index is 0.104. The van der Waals surface area contributed by atoms with Crippen LogP contribution in [0.2, 0.25) is 0 Å². The molecule has 0 aliphatic carbocycles. The molecule has 0 spiro atoms. The molecule has 5 nitrogen and oxygen atoms in total. The van der Waals surface area contributed by atoms with E-state index in [0.717, 1.165) is 11.4 Å². The number of rotatable bonds is 1. The lowest BCUT2D eigenvalue weighted by atomic mass is 10.2. The summed E-state index contributed by atoms with van der Waals surface area (Å²) in [5.74, 6) is 0.438. The predicted molar refractivity (Wildman–Crippen MR) is 50.4 cm³/mol. The third-order valence-electron chi connectivity index (χ3n) is 1.51. The van der Waals surface area contributed by atoms with Gasteiger partial charge in [-0.15, -0.1) is 0 Å². The van der Waals surface area contributed by atoms with Crippen LogP contribution in [0.1, 0.15) is 13.8 Å². The Morgan fingerprint density at radius 2 is 1.83 bits per heavy atom. The Labute approximate surface area is 70.8 Å². The zero-order valence-corrected chi connectivity index (χ0v) is 7.34. The summed E-state index contributed by atoms with van der Waals surface area (Å²) in [5.41, 5.74) is 4.15. The lowest BCUT2D eigenvalue weighted by Crippen LogP contribution is -2.23. The summed E-state index contributed by atoms with van der Waals surface area (Å²) in [6, 6.07) is 0. The molecule has 1 heterocycles. The smallest absolute Gasteiger partial charge is 0.216 e. The van der Waals surface area contributed by atoms with E-state index < -0.39 is 0 Å². The SMILES string of the molecule is CN/N=C1/N=C(C)C(C)=NC1=N. The van der Waals surface area contributed by atoms with E-state index >= 15 is 0 Å². The molecule has 0 saturated carbocycles. The van der Waals surface area contributed by atoms with Crippen LogP contribution in [0.3, 0.4) is 0 Å². The summed E-state index contributed by atoms with van der Waals surface area (Å²) in [4.78, 5) is 8.04. The summed E-state index contributed by atoms with van der Waals surface area (Å²) in [5, 5.41) is 11.2. The number of hydrazone groups is 1. The molecule has 0 atom stereocenters. The highest BCUT2D eigenvalue weighted by molar-refractivity contribution is 6.55. The minimum absolute atomic E-state index is 0.104. The van der Waals surface area contributed by atoms with Gasteiger partial charge in [0.25, 0.3) is 0 Å². The Morgan fingerprint density at radius 1 is 1.25 bits per heavy atom. The number of nitrogens with zero attached hydrogens (tertiary/aromatic N) is 3. The number of amidine groups is 2. The molecule has 0 aromatic rings.